The molecule has 0 spiro atoms. The quantitative estimate of drug-likeness (QED) is 0.730. The third kappa shape index (κ3) is 1.66. The minimum absolute atomic E-state index is 0.739. The fraction of sp³-hybridized carbons (Fsp3) is 0.182. The number of aryl methyl sites for hydroxylation is 1. The van der Waals surface area contributed by atoms with Gasteiger partial charge in [0, 0.05) is 25.1 Å². The summed E-state index contributed by atoms with van der Waals surface area (Å²) in [5, 5.41) is 3.03. The molecule has 0 saturated heterocycles. The third-order valence-electron chi connectivity index (χ3n) is 2.41. The smallest absolute Gasteiger partial charge is 0.110 e. The molecule has 2 aromatic rings. The first-order valence-electron chi connectivity index (χ1n) is 4.80. The van der Waals surface area contributed by atoms with Gasteiger partial charge in [0.05, 0.1) is 11.4 Å². The molecule has 0 radical (unpaired) electrons. The van der Waals surface area contributed by atoms with Gasteiger partial charge in [0.25, 0.3) is 0 Å². The molecule has 2 rings (SSSR count). The monoisotopic (exact) mass is 202 g/mol. The molecule has 4 nitrogen and oxygen atoms in total. The highest BCUT2D eigenvalue weighted by atomic mass is 15.1. The topological polar surface area (TPSA) is 55.9 Å². The van der Waals surface area contributed by atoms with Gasteiger partial charge in [0.15, 0.2) is 0 Å². The number of benzene rings is 1. The van der Waals surface area contributed by atoms with Crippen LogP contribution in [0.15, 0.2) is 30.6 Å². The zero-order valence-electron chi connectivity index (χ0n) is 8.86. The summed E-state index contributed by atoms with van der Waals surface area (Å²) in [6, 6.07) is 5.90. The summed E-state index contributed by atoms with van der Waals surface area (Å²) >= 11 is 0. The van der Waals surface area contributed by atoms with E-state index in [0.717, 1.165) is 22.9 Å². The molecule has 0 saturated carbocycles. The van der Waals surface area contributed by atoms with Crippen molar-refractivity contribution in [2.24, 2.45) is 0 Å². The summed E-state index contributed by atoms with van der Waals surface area (Å²) < 4.78 is 2.00. The molecule has 0 atom stereocenters. The molecule has 78 valence electrons. The highest BCUT2D eigenvalue weighted by Gasteiger charge is 2.02. The highest BCUT2D eigenvalue weighted by molar-refractivity contribution is 5.69. The molecule has 0 fully saturated rings. The van der Waals surface area contributed by atoms with E-state index in [1.54, 1.807) is 6.20 Å². The second-order valence-corrected chi connectivity index (χ2v) is 3.37. The van der Waals surface area contributed by atoms with Crippen LogP contribution in [0.25, 0.3) is 5.69 Å². The molecular weight excluding hydrogens is 188 g/mol. The number of nitrogen functional groups attached to an aromatic ring is 1. The van der Waals surface area contributed by atoms with E-state index in [-0.39, 0.29) is 0 Å². The number of rotatable bonds is 2. The summed E-state index contributed by atoms with van der Waals surface area (Å²) in [6.07, 6.45) is 3.70. The molecule has 3 N–H and O–H groups in total. The molecule has 1 aromatic carbocycles. The number of nitrogens with zero attached hydrogens (tertiary/aromatic N) is 2. The third-order valence-corrected chi connectivity index (χ3v) is 2.41. The van der Waals surface area contributed by atoms with Gasteiger partial charge >= 0.3 is 0 Å². The average Bonchev–Trinajstić information content (AvgIpc) is 2.64. The van der Waals surface area contributed by atoms with Crippen LogP contribution in [-0.4, -0.2) is 16.6 Å². The zero-order chi connectivity index (χ0) is 10.8. The molecule has 0 amide bonds. The molecule has 0 aliphatic heterocycles. The lowest BCUT2D eigenvalue weighted by molar-refractivity contribution is 0.975. The van der Waals surface area contributed by atoms with Gasteiger partial charge in [0.2, 0.25) is 0 Å². The van der Waals surface area contributed by atoms with Crippen molar-refractivity contribution < 1.29 is 0 Å². The maximum Gasteiger partial charge on any atom is 0.110 e. The maximum absolute atomic E-state index is 5.89. The van der Waals surface area contributed by atoms with Crippen LogP contribution in [0, 0.1) is 6.92 Å². The Bertz CT molecular complexity index is 473. The van der Waals surface area contributed by atoms with Gasteiger partial charge in [-0.15, -0.1) is 0 Å². The molecule has 0 unspecified atom stereocenters. The van der Waals surface area contributed by atoms with Crippen LogP contribution in [-0.2, 0) is 0 Å². The van der Waals surface area contributed by atoms with Crippen molar-refractivity contribution >= 4 is 11.4 Å². The van der Waals surface area contributed by atoms with Crippen LogP contribution in [0.5, 0.6) is 0 Å². The van der Waals surface area contributed by atoms with E-state index in [1.165, 1.54) is 0 Å². The average molecular weight is 202 g/mol. The van der Waals surface area contributed by atoms with Crippen molar-refractivity contribution in [3.63, 3.8) is 0 Å². The van der Waals surface area contributed by atoms with Crippen molar-refractivity contribution in [1.82, 2.24) is 9.55 Å². The number of hydrogen-bond donors (Lipinski definition) is 2. The molecule has 0 bridgehead atoms. The molecule has 1 aromatic heterocycles. The molecule has 4 heteroatoms. The summed E-state index contributed by atoms with van der Waals surface area (Å²) in [5.41, 5.74) is 8.60. The minimum atomic E-state index is 0.739. The van der Waals surface area contributed by atoms with Crippen LogP contribution in [0.4, 0.5) is 11.4 Å². The standard InChI is InChI=1S/C11H14N4/c1-8-14-5-6-15(8)9-3-4-11(13-2)10(12)7-9/h3-7,13H,12H2,1-2H3. The highest BCUT2D eigenvalue weighted by Crippen LogP contribution is 2.21. The van der Waals surface area contributed by atoms with Gasteiger partial charge in [-0.05, 0) is 25.1 Å². The Morgan fingerprint density at radius 2 is 2.20 bits per heavy atom. The summed E-state index contributed by atoms with van der Waals surface area (Å²) in [7, 11) is 1.85. The fourth-order valence-corrected chi connectivity index (χ4v) is 1.58. The van der Waals surface area contributed by atoms with Crippen molar-refractivity contribution in [3.05, 3.63) is 36.4 Å². The fourth-order valence-electron chi connectivity index (χ4n) is 1.58. The van der Waals surface area contributed by atoms with E-state index in [1.807, 2.05) is 42.9 Å². The van der Waals surface area contributed by atoms with E-state index in [9.17, 15) is 0 Å². The summed E-state index contributed by atoms with van der Waals surface area (Å²) in [5.74, 6) is 0.951. The minimum Gasteiger partial charge on any atom is -0.397 e. The van der Waals surface area contributed by atoms with E-state index >= 15 is 0 Å². The van der Waals surface area contributed by atoms with Crippen molar-refractivity contribution in [2.45, 2.75) is 6.92 Å². The summed E-state index contributed by atoms with van der Waals surface area (Å²) in [4.78, 5) is 4.17. The lowest BCUT2D eigenvalue weighted by atomic mass is 10.2. The Balaban J connectivity index is 2.47. The van der Waals surface area contributed by atoms with Crippen LogP contribution in [0.3, 0.4) is 0 Å². The Kier molecular flexibility index (Phi) is 2.33. The van der Waals surface area contributed by atoms with Gasteiger partial charge in [-0.25, -0.2) is 4.98 Å². The van der Waals surface area contributed by atoms with Gasteiger partial charge < -0.3 is 15.6 Å². The first kappa shape index (κ1) is 9.58. The largest absolute Gasteiger partial charge is 0.397 e. The number of hydrogen-bond acceptors (Lipinski definition) is 3. The van der Waals surface area contributed by atoms with Crippen LogP contribution in [0.2, 0.25) is 0 Å². The van der Waals surface area contributed by atoms with Gasteiger partial charge in [-0.2, -0.15) is 0 Å². The van der Waals surface area contributed by atoms with Crippen molar-refractivity contribution in [3.8, 4) is 5.69 Å². The second kappa shape index (κ2) is 3.65. The molecular formula is C11H14N4. The predicted molar refractivity (Wildman–Crippen MR) is 62.3 cm³/mol. The SMILES string of the molecule is CNc1ccc(-n2ccnc2C)cc1N. The van der Waals surface area contributed by atoms with E-state index < -0.39 is 0 Å². The number of nitrogens with two attached hydrogens (primary N) is 1. The lowest BCUT2D eigenvalue weighted by Gasteiger charge is -2.09. The Morgan fingerprint density at radius 1 is 1.40 bits per heavy atom. The molecule has 1 heterocycles. The Labute approximate surface area is 88.7 Å². The molecule has 15 heavy (non-hydrogen) atoms. The zero-order valence-corrected chi connectivity index (χ0v) is 8.86. The number of aromatic nitrogens is 2. The Hall–Kier alpha value is -1.97. The number of nitrogens with one attached hydrogen (secondary N) is 1. The number of anilines is 2. The number of imidazole rings is 1. The van der Waals surface area contributed by atoms with E-state index in [4.69, 9.17) is 5.73 Å². The van der Waals surface area contributed by atoms with Gasteiger partial charge in [0.1, 0.15) is 5.82 Å². The van der Waals surface area contributed by atoms with Crippen molar-refractivity contribution in [2.75, 3.05) is 18.1 Å². The van der Waals surface area contributed by atoms with E-state index in [0.29, 0.717) is 0 Å². The van der Waals surface area contributed by atoms with Crippen LogP contribution >= 0.6 is 0 Å². The molecule has 0 aliphatic rings. The second-order valence-electron chi connectivity index (χ2n) is 3.37. The predicted octanol–water partition coefficient (Wildman–Crippen LogP) is 1.80. The van der Waals surface area contributed by atoms with Crippen LogP contribution < -0.4 is 11.1 Å². The van der Waals surface area contributed by atoms with Crippen LogP contribution in [0.1, 0.15) is 5.82 Å². The maximum atomic E-state index is 5.89. The van der Waals surface area contributed by atoms with Gasteiger partial charge in [-0.1, -0.05) is 0 Å². The van der Waals surface area contributed by atoms with Gasteiger partial charge in [-0.3, -0.25) is 0 Å². The summed E-state index contributed by atoms with van der Waals surface area (Å²) in [6.45, 7) is 1.96. The normalized spacial score (nSPS) is 10.3. The Morgan fingerprint density at radius 3 is 2.73 bits per heavy atom. The lowest BCUT2D eigenvalue weighted by Crippen LogP contribution is -2.00. The molecule has 0 aliphatic carbocycles. The van der Waals surface area contributed by atoms with Crippen molar-refractivity contribution in [1.29, 1.82) is 0 Å². The first-order valence-corrected chi connectivity index (χ1v) is 4.80. The van der Waals surface area contributed by atoms with E-state index in [2.05, 4.69) is 10.3 Å². The first-order chi connectivity index (χ1) is 7.22.